The number of anilines is 1. The van der Waals surface area contributed by atoms with Crippen molar-refractivity contribution < 1.29 is 18.6 Å². The van der Waals surface area contributed by atoms with Gasteiger partial charge in [0.05, 0.1) is 18.1 Å². The van der Waals surface area contributed by atoms with E-state index in [1.54, 1.807) is 0 Å². The lowest BCUT2D eigenvalue weighted by molar-refractivity contribution is 0.355. The number of nitrogens with one attached hydrogen (secondary N) is 1. The lowest BCUT2D eigenvalue weighted by Crippen LogP contribution is -2.51. The van der Waals surface area contributed by atoms with Crippen LogP contribution in [0.1, 0.15) is 31.2 Å². The zero-order chi connectivity index (χ0) is 28.7. The Morgan fingerprint density at radius 3 is 2.49 bits per heavy atom. The van der Waals surface area contributed by atoms with Crippen molar-refractivity contribution in [2.24, 2.45) is 5.84 Å². The maximum Gasteiger partial charge on any atom is 0.318 e. The van der Waals surface area contributed by atoms with Crippen molar-refractivity contribution in [2.45, 2.75) is 37.8 Å². The predicted octanol–water partition coefficient (Wildman–Crippen LogP) is 3.72. The third-order valence-electron chi connectivity index (χ3n) is 7.93. The number of rotatable bonds is 3. The zero-order valence-corrected chi connectivity index (χ0v) is 22.7. The minimum atomic E-state index is -0.735. The number of nitrogens with zero attached hydrogens (tertiary/aromatic N) is 5. The van der Waals surface area contributed by atoms with E-state index in [0.717, 1.165) is 39.0 Å². The highest BCUT2D eigenvalue weighted by Crippen LogP contribution is 2.39. The van der Waals surface area contributed by atoms with Gasteiger partial charge in [0.15, 0.2) is 5.82 Å². The summed E-state index contributed by atoms with van der Waals surface area (Å²) in [6, 6.07) is 6.19. The Kier molecular flexibility index (Phi) is 7.30. The third kappa shape index (κ3) is 5.10. The highest BCUT2D eigenvalue weighted by Gasteiger charge is 2.34. The first kappa shape index (κ1) is 27.1. The fraction of sp³-hybridized carbons (Fsp3) is 0.367. The van der Waals surface area contributed by atoms with Gasteiger partial charge in [-0.2, -0.15) is 9.97 Å². The Bertz CT molecular complexity index is 1660. The largest absolute Gasteiger partial charge is 0.508 e. The number of benzene rings is 2. The molecule has 2 aromatic heterocycles. The van der Waals surface area contributed by atoms with E-state index in [1.807, 2.05) is 5.01 Å². The van der Waals surface area contributed by atoms with Gasteiger partial charge in [-0.05, 0) is 49.3 Å². The van der Waals surface area contributed by atoms with Crippen molar-refractivity contribution in [1.82, 2.24) is 25.3 Å². The zero-order valence-electron chi connectivity index (χ0n) is 22.7. The minimum Gasteiger partial charge on any atom is -0.508 e. The van der Waals surface area contributed by atoms with Crippen LogP contribution in [0.25, 0.3) is 32.9 Å². The number of methoxy groups -OCH3 is 1. The van der Waals surface area contributed by atoms with Crippen molar-refractivity contribution in [3.05, 3.63) is 47.7 Å². The van der Waals surface area contributed by atoms with Gasteiger partial charge >= 0.3 is 6.01 Å². The summed E-state index contributed by atoms with van der Waals surface area (Å²) in [4.78, 5) is 15.3. The second-order valence-corrected chi connectivity index (χ2v) is 10.7. The fourth-order valence-electron chi connectivity index (χ4n) is 6.01. The van der Waals surface area contributed by atoms with E-state index in [1.165, 1.54) is 50.4 Å². The minimum absolute atomic E-state index is 0.0258. The van der Waals surface area contributed by atoms with E-state index in [0.29, 0.717) is 28.7 Å². The molecule has 3 aliphatic heterocycles. The highest BCUT2D eigenvalue weighted by atomic mass is 19.1. The molecule has 9 nitrogen and oxygen atoms in total. The number of hydrogen-bond acceptors (Lipinski definition) is 9. The Balaban J connectivity index is 0.000000449. The molecule has 0 radical (unpaired) electrons. The SMILES string of the molecule is C#Cc1c(F)ccc2cc(O)cc(-c3ncc4c(N5CC6CCC(C5)N6)nc(OC)nc4c3F)c12.NN1CCCC1. The fourth-order valence-corrected chi connectivity index (χ4v) is 6.01. The van der Waals surface area contributed by atoms with Crippen LogP contribution >= 0.6 is 0 Å². The molecule has 4 aromatic rings. The molecule has 0 amide bonds. The molecule has 2 bridgehead atoms. The molecule has 5 heterocycles. The number of hydrazine groups is 1. The topological polar surface area (TPSA) is 113 Å². The second-order valence-electron chi connectivity index (χ2n) is 10.7. The van der Waals surface area contributed by atoms with E-state index in [4.69, 9.17) is 17.0 Å². The summed E-state index contributed by atoms with van der Waals surface area (Å²) in [5.74, 6) is 6.79. The molecule has 0 saturated carbocycles. The monoisotopic (exact) mass is 559 g/mol. The molecule has 2 atom stereocenters. The quantitative estimate of drug-likeness (QED) is 0.255. The molecule has 0 aliphatic carbocycles. The van der Waals surface area contributed by atoms with Crippen molar-refractivity contribution in [2.75, 3.05) is 38.2 Å². The molecule has 11 heteroatoms. The number of fused-ring (bicyclic) bond motifs is 4. The van der Waals surface area contributed by atoms with Gasteiger partial charge in [0.25, 0.3) is 0 Å². The average molecular weight is 560 g/mol. The van der Waals surface area contributed by atoms with Crippen LogP contribution in [-0.2, 0) is 0 Å². The average Bonchev–Trinajstić information content (AvgIpc) is 3.59. The molecule has 2 unspecified atom stereocenters. The summed E-state index contributed by atoms with van der Waals surface area (Å²) >= 11 is 0. The van der Waals surface area contributed by atoms with Gasteiger partial charge in [-0.25, -0.2) is 13.8 Å². The van der Waals surface area contributed by atoms with Crippen LogP contribution in [0.5, 0.6) is 11.8 Å². The molecule has 2 aromatic carbocycles. The number of hydrogen-bond donors (Lipinski definition) is 3. The van der Waals surface area contributed by atoms with Crippen LogP contribution in [0.2, 0.25) is 0 Å². The highest BCUT2D eigenvalue weighted by molar-refractivity contribution is 6.03. The Hall–Kier alpha value is -4.11. The molecule has 3 saturated heterocycles. The maximum absolute atomic E-state index is 16.1. The molecular formula is C30H31F2N7O2. The van der Waals surface area contributed by atoms with Gasteiger partial charge in [-0.15, -0.1) is 6.42 Å². The lowest BCUT2D eigenvalue weighted by atomic mass is 9.96. The van der Waals surface area contributed by atoms with Crippen molar-refractivity contribution in [1.29, 1.82) is 0 Å². The van der Waals surface area contributed by atoms with Crippen LogP contribution in [0, 0.1) is 24.0 Å². The molecule has 0 spiro atoms. The number of ether oxygens (including phenoxy) is 1. The number of halogens is 2. The van der Waals surface area contributed by atoms with E-state index < -0.39 is 11.6 Å². The van der Waals surface area contributed by atoms with Gasteiger partial charge < -0.3 is 20.1 Å². The Labute approximate surface area is 236 Å². The predicted molar refractivity (Wildman–Crippen MR) is 153 cm³/mol. The summed E-state index contributed by atoms with van der Waals surface area (Å²) in [5, 5.41) is 16.9. The summed E-state index contributed by atoms with van der Waals surface area (Å²) in [6.07, 6.45) is 11.8. The van der Waals surface area contributed by atoms with Gasteiger partial charge in [0.2, 0.25) is 0 Å². The van der Waals surface area contributed by atoms with Gasteiger partial charge in [0.1, 0.15) is 28.6 Å². The van der Waals surface area contributed by atoms with Crippen LogP contribution in [0.4, 0.5) is 14.6 Å². The molecule has 41 heavy (non-hydrogen) atoms. The van der Waals surface area contributed by atoms with Crippen molar-refractivity contribution in [3.63, 3.8) is 0 Å². The summed E-state index contributed by atoms with van der Waals surface area (Å²) < 4.78 is 35.9. The van der Waals surface area contributed by atoms with E-state index in [2.05, 4.69) is 31.1 Å². The normalized spacial score (nSPS) is 20.2. The van der Waals surface area contributed by atoms with Crippen LogP contribution in [0.15, 0.2) is 30.5 Å². The van der Waals surface area contributed by atoms with Gasteiger partial charge in [-0.1, -0.05) is 12.0 Å². The Morgan fingerprint density at radius 2 is 1.85 bits per heavy atom. The third-order valence-corrected chi connectivity index (χ3v) is 7.93. The number of nitrogens with two attached hydrogens (primary N) is 1. The summed E-state index contributed by atoms with van der Waals surface area (Å²) in [6.45, 7) is 3.66. The van der Waals surface area contributed by atoms with Gasteiger partial charge in [-0.3, -0.25) is 10.8 Å². The standard InChI is InChI=1S/C26H21F2N5O2.C4H10N2/c1-3-17-20(27)7-4-13-8-16(34)9-18(21(13)17)23-22(28)24-19(10-29-23)25(32-26(31-24)35-2)33-11-14-5-6-15(12-33)30-14;5-6-3-1-2-4-6/h1,4,7-10,14-15,30,34H,5-6,11-12H2,2H3;1-5H2. The Morgan fingerprint density at radius 1 is 1.12 bits per heavy atom. The number of pyridine rings is 1. The second kappa shape index (κ2) is 11.0. The number of aromatic nitrogens is 3. The number of aromatic hydroxyl groups is 1. The number of piperazine rings is 1. The number of phenolic OH excluding ortho intramolecular Hbond substituents is 1. The maximum atomic E-state index is 16.1. The van der Waals surface area contributed by atoms with Crippen LogP contribution < -0.4 is 20.8 Å². The first-order valence-electron chi connectivity index (χ1n) is 13.7. The first-order valence-corrected chi connectivity index (χ1v) is 13.7. The molecule has 3 fully saturated rings. The molecule has 212 valence electrons. The van der Waals surface area contributed by atoms with Crippen molar-refractivity contribution in [3.8, 4) is 35.4 Å². The van der Waals surface area contributed by atoms with E-state index in [-0.39, 0.29) is 39.5 Å². The van der Waals surface area contributed by atoms with E-state index >= 15 is 4.39 Å². The van der Waals surface area contributed by atoms with Crippen LogP contribution in [-0.4, -0.2) is 70.4 Å². The van der Waals surface area contributed by atoms with E-state index in [9.17, 15) is 9.50 Å². The number of terminal acetylenes is 1. The van der Waals surface area contributed by atoms with Crippen LogP contribution in [0.3, 0.4) is 0 Å². The summed E-state index contributed by atoms with van der Waals surface area (Å²) in [7, 11) is 1.43. The summed E-state index contributed by atoms with van der Waals surface area (Å²) in [5.41, 5.74) is 0.0627. The molecule has 7 rings (SSSR count). The smallest absolute Gasteiger partial charge is 0.318 e. The van der Waals surface area contributed by atoms with Crippen molar-refractivity contribution >= 4 is 27.5 Å². The lowest BCUT2D eigenvalue weighted by Gasteiger charge is -2.34. The molecule has 4 N–H and O–H groups in total. The van der Waals surface area contributed by atoms with Gasteiger partial charge in [0, 0.05) is 55.4 Å². The first-order chi connectivity index (χ1) is 19.9. The molecular weight excluding hydrogens is 528 g/mol. The molecule has 3 aliphatic rings. The number of phenols is 1.